The van der Waals surface area contributed by atoms with Crippen LogP contribution >= 0.6 is 11.8 Å². The third-order valence-electron chi connectivity index (χ3n) is 6.87. The van der Waals surface area contributed by atoms with Crippen molar-refractivity contribution in [1.82, 2.24) is 19.5 Å². The molecule has 0 bridgehead atoms. The summed E-state index contributed by atoms with van der Waals surface area (Å²) in [5, 5.41) is 20.9. The summed E-state index contributed by atoms with van der Waals surface area (Å²) >= 11 is 1.47. The third kappa shape index (κ3) is 9.23. The highest BCUT2D eigenvalue weighted by atomic mass is 32.2. The van der Waals surface area contributed by atoms with Crippen LogP contribution in [0.2, 0.25) is 0 Å². The van der Waals surface area contributed by atoms with Crippen molar-refractivity contribution in [2.24, 2.45) is 0 Å². The van der Waals surface area contributed by atoms with Gasteiger partial charge in [-0.25, -0.2) is 13.1 Å². The lowest BCUT2D eigenvalue weighted by atomic mass is 10.1. The average Bonchev–Trinajstić information content (AvgIpc) is 3.42. The zero-order chi connectivity index (χ0) is 29.8. The fourth-order valence-corrected chi connectivity index (χ4v) is 6.91. The molecule has 1 aromatic heterocycles. The normalized spacial score (nSPS) is 12.3. The number of nitrogens with zero attached hydrogens (tertiary/aromatic N) is 4. The molecule has 0 spiro atoms. The van der Waals surface area contributed by atoms with Crippen LogP contribution in [-0.4, -0.2) is 33.9 Å². The molecule has 4 aromatic rings. The predicted octanol–water partition coefficient (Wildman–Crippen LogP) is 7.03. The molecule has 1 unspecified atom stereocenters. The second-order valence-electron chi connectivity index (χ2n) is 10.2. The highest BCUT2D eigenvalue weighted by molar-refractivity contribution is 7.98. The highest BCUT2D eigenvalue weighted by Gasteiger charge is 2.27. The van der Waals surface area contributed by atoms with Crippen molar-refractivity contribution in [2.75, 3.05) is 5.75 Å². The van der Waals surface area contributed by atoms with Crippen LogP contribution in [-0.2, 0) is 22.2 Å². The lowest BCUT2D eigenvalue weighted by Gasteiger charge is -2.20. The van der Waals surface area contributed by atoms with Gasteiger partial charge >= 0.3 is 0 Å². The molecule has 42 heavy (non-hydrogen) atoms. The second kappa shape index (κ2) is 15.6. The van der Waals surface area contributed by atoms with E-state index in [-0.39, 0.29) is 11.4 Å². The van der Waals surface area contributed by atoms with E-state index in [2.05, 4.69) is 21.8 Å². The Bertz CT molecular complexity index is 1510. The molecule has 0 saturated carbocycles. The largest absolute Gasteiger partial charge is 0.273 e. The van der Waals surface area contributed by atoms with Crippen LogP contribution in [0.4, 0.5) is 5.69 Å². The molecule has 0 aliphatic rings. The smallest absolute Gasteiger partial charge is 0.269 e. The van der Waals surface area contributed by atoms with Gasteiger partial charge in [0.05, 0.1) is 16.7 Å². The van der Waals surface area contributed by atoms with Crippen molar-refractivity contribution in [3.63, 3.8) is 0 Å². The molecule has 0 fully saturated rings. The van der Waals surface area contributed by atoms with Crippen LogP contribution in [0.25, 0.3) is 5.69 Å². The van der Waals surface area contributed by atoms with Gasteiger partial charge in [0.2, 0.25) is 10.0 Å². The Labute approximate surface area is 252 Å². The van der Waals surface area contributed by atoms with E-state index in [9.17, 15) is 18.5 Å². The van der Waals surface area contributed by atoms with Crippen molar-refractivity contribution < 1.29 is 13.3 Å². The minimum Gasteiger partial charge on any atom is -0.273 e. The second-order valence-corrected chi connectivity index (χ2v) is 13.0. The molecule has 11 heteroatoms. The lowest BCUT2D eigenvalue weighted by molar-refractivity contribution is -0.384. The van der Waals surface area contributed by atoms with Crippen LogP contribution in [0.1, 0.15) is 68.4 Å². The summed E-state index contributed by atoms with van der Waals surface area (Å²) in [4.78, 5) is 10.9. The van der Waals surface area contributed by atoms with Gasteiger partial charge in [0, 0.05) is 23.6 Å². The van der Waals surface area contributed by atoms with Crippen LogP contribution < -0.4 is 4.72 Å². The molecular formula is C31H37N5O4S2. The summed E-state index contributed by atoms with van der Waals surface area (Å²) < 4.78 is 31.4. The van der Waals surface area contributed by atoms with Crippen LogP contribution in [0.5, 0.6) is 0 Å². The first-order valence-corrected chi connectivity index (χ1v) is 16.9. The van der Waals surface area contributed by atoms with E-state index in [1.807, 2.05) is 60.7 Å². The fourth-order valence-electron chi connectivity index (χ4n) is 4.67. The quantitative estimate of drug-likeness (QED) is 0.0592. The van der Waals surface area contributed by atoms with Gasteiger partial charge in [0.1, 0.15) is 0 Å². The number of nitrogens with one attached hydrogen (secondary N) is 1. The number of nitro benzene ring substituents is 1. The molecular weight excluding hydrogens is 571 g/mol. The summed E-state index contributed by atoms with van der Waals surface area (Å²) in [7, 11) is -3.63. The molecule has 4 rings (SSSR count). The fraction of sp³-hybridized carbons (Fsp3) is 0.355. The van der Waals surface area contributed by atoms with E-state index in [4.69, 9.17) is 0 Å². The van der Waals surface area contributed by atoms with E-state index >= 15 is 0 Å². The molecule has 1 heterocycles. The van der Waals surface area contributed by atoms with E-state index in [0.29, 0.717) is 35.3 Å². The average molecular weight is 608 g/mol. The maximum absolute atomic E-state index is 13.3. The standard InChI is InChI=1S/C31H37N5O4S2/c1-2-3-4-5-6-13-22-42(39,40)34-29(23-25-14-9-7-10-15-25)30-32-33-31(41-24-26-16-11-8-12-17-26)35(30)27-18-20-28(21-19-27)36(37)38/h7-12,14-21,29,34H,2-6,13,22-24H2,1H3. The molecule has 0 radical (unpaired) electrons. The topological polar surface area (TPSA) is 120 Å². The third-order valence-corrected chi connectivity index (χ3v) is 9.34. The summed E-state index contributed by atoms with van der Waals surface area (Å²) in [6.07, 6.45) is 6.25. The number of unbranched alkanes of at least 4 members (excludes halogenated alkanes) is 5. The first kappa shape index (κ1) is 31.4. The van der Waals surface area contributed by atoms with E-state index < -0.39 is 21.0 Å². The predicted molar refractivity (Wildman–Crippen MR) is 167 cm³/mol. The molecule has 0 aliphatic heterocycles. The van der Waals surface area contributed by atoms with Crippen molar-refractivity contribution in [1.29, 1.82) is 0 Å². The van der Waals surface area contributed by atoms with Gasteiger partial charge in [0.15, 0.2) is 11.0 Å². The zero-order valence-corrected chi connectivity index (χ0v) is 25.4. The molecule has 0 saturated heterocycles. The Balaban J connectivity index is 1.66. The van der Waals surface area contributed by atoms with Crippen molar-refractivity contribution in [2.45, 2.75) is 68.8 Å². The zero-order valence-electron chi connectivity index (χ0n) is 23.8. The minimum absolute atomic E-state index is 0.0334. The van der Waals surface area contributed by atoms with Gasteiger partial charge in [0.25, 0.3) is 5.69 Å². The minimum atomic E-state index is -3.63. The molecule has 3 aromatic carbocycles. The molecule has 1 N–H and O–H groups in total. The molecule has 0 aliphatic carbocycles. The number of hydrogen-bond acceptors (Lipinski definition) is 7. The maximum Gasteiger partial charge on any atom is 0.269 e. The molecule has 9 nitrogen and oxygen atoms in total. The first-order chi connectivity index (χ1) is 20.4. The first-order valence-electron chi connectivity index (χ1n) is 14.3. The van der Waals surface area contributed by atoms with E-state index in [0.717, 1.165) is 43.2 Å². The Morgan fingerprint density at radius 3 is 2.12 bits per heavy atom. The SMILES string of the molecule is CCCCCCCCS(=O)(=O)NC(Cc1ccccc1)c1nnc(SCc2ccccc2)n1-c1ccc([N+](=O)[O-])cc1. The number of rotatable bonds is 17. The van der Waals surface area contributed by atoms with Gasteiger partial charge in [-0.1, -0.05) is 111 Å². The maximum atomic E-state index is 13.3. The van der Waals surface area contributed by atoms with Gasteiger partial charge < -0.3 is 0 Å². The molecule has 222 valence electrons. The van der Waals surface area contributed by atoms with Crippen molar-refractivity contribution in [3.05, 3.63) is 112 Å². The Morgan fingerprint density at radius 1 is 0.857 bits per heavy atom. The van der Waals surface area contributed by atoms with E-state index in [1.54, 1.807) is 16.7 Å². The Morgan fingerprint density at radius 2 is 1.48 bits per heavy atom. The summed E-state index contributed by atoms with van der Waals surface area (Å²) in [5.74, 6) is 1.08. The van der Waals surface area contributed by atoms with Gasteiger partial charge in [-0.05, 0) is 36.1 Å². The number of aromatic nitrogens is 3. The van der Waals surface area contributed by atoms with Crippen molar-refractivity contribution in [3.8, 4) is 5.69 Å². The molecule has 1 atom stereocenters. The lowest BCUT2D eigenvalue weighted by Crippen LogP contribution is -2.33. The molecule has 0 amide bonds. The van der Waals surface area contributed by atoms with Crippen LogP contribution in [0.3, 0.4) is 0 Å². The van der Waals surface area contributed by atoms with Crippen LogP contribution in [0.15, 0.2) is 90.1 Å². The highest BCUT2D eigenvalue weighted by Crippen LogP contribution is 2.30. The number of benzene rings is 3. The van der Waals surface area contributed by atoms with Gasteiger partial charge in [-0.3, -0.25) is 14.7 Å². The van der Waals surface area contributed by atoms with Gasteiger partial charge in [-0.2, -0.15) is 0 Å². The van der Waals surface area contributed by atoms with Gasteiger partial charge in [-0.15, -0.1) is 10.2 Å². The van der Waals surface area contributed by atoms with Crippen LogP contribution in [0, 0.1) is 10.1 Å². The Hall–Kier alpha value is -3.54. The van der Waals surface area contributed by atoms with E-state index in [1.165, 1.54) is 23.9 Å². The summed E-state index contributed by atoms with van der Waals surface area (Å²) in [5.41, 5.74) is 2.63. The number of thioether (sulfide) groups is 1. The number of non-ortho nitro benzene ring substituents is 1. The number of sulfonamides is 1. The number of nitro groups is 1. The number of hydrogen-bond donors (Lipinski definition) is 1. The summed E-state index contributed by atoms with van der Waals surface area (Å²) in [6.45, 7) is 2.16. The Kier molecular flexibility index (Phi) is 11.7. The van der Waals surface area contributed by atoms with Crippen molar-refractivity contribution >= 4 is 27.5 Å². The summed E-state index contributed by atoms with van der Waals surface area (Å²) in [6, 6.07) is 25.0. The monoisotopic (exact) mass is 607 g/mol.